The van der Waals surface area contributed by atoms with Crippen LogP contribution in [0, 0.1) is 11.8 Å². The molecule has 0 amide bonds. The van der Waals surface area contributed by atoms with Gasteiger partial charge in [-0.15, -0.1) is 0 Å². The Morgan fingerprint density at radius 3 is 1.71 bits per heavy atom. The molecule has 0 aliphatic carbocycles. The van der Waals surface area contributed by atoms with Gasteiger partial charge < -0.3 is 10.6 Å². The normalized spacial score (nSPS) is 21.4. The smallest absolute Gasteiger partial charge is 0.0170 e. The second-order valence-corrected chi connectivity index (χ2v) is 6.38. The zero-order valence-corrected chi connectivity index (χ0v) is 12.2. The van der Waals surface area contributed by atoms with E-state index in [2.05, 4.69) is 37.5 Å². The first-order valence-corrected chi connectivity index (χ1v) is 7.17. The van der Waals surface area contributed by atoms with Crippen molar-refractivity contribution in [2.24, 2.45) is 17.6 Å². The summed E-state index contributed by atoms with van der Waals surface area (Å²) in [5, 5.41) is 0. The Morgan fingerprint density at radius 2 is 1.29 bits per heavy atom. The van der Waals surface area contributed by atoms with Gasteiger partial charge in [0.05, 0.1) is 0 Å². The van der Waals surface area contributed by atoms with E-state index < -0.39 is 0 Å². The molecule has 3 nitrogen and oxygen atoms in total. The van der Waals surface area contributed by atoms with Gasteiger partial charge in [0.25, 0.3) is 0 Å². The molecule has 1 unspecified atom stereocenters. The number of piperazine rings is 1. The van der Waals surface area contributed by atoms with Crippen molar-refractivity contribution >= 4 is 0 Å². The van der Waals surface area contributed by atoms with Crippen LogP contribution in [0.4, 0.5) is 0 Å². The Labute approximate surface area is 107 Å². The Balaban J connectivity index is 2.18. The lowest BCUT2D eigenvalue weighted by Crippen LogP contribution is -2.50. The molecule has 1 saturated heterocycles. The summed E-state index contributed by atoms with van der Waals surface area (Å²) in [6.07, 6.45) is 1.15. The summed E-state index contributed by atoms with van der Waals surface area (Å²) in [6, 6.07) is 0.353. The van der Waals surface area contributed by atoms with Crippen LogP contribution in [0.15, 0.2) is 0 Å². The van der Waals surface area contributed by atoms with Gasteiger partial charge in [-0.25, -0.2) is 0 Å². The zero-order valence-electron chi connectivity index (χ0n) is 12.2. The SMILES string of the molecule is CC(C)CC(N)CN1CCN(CC(C)C)CC1. The van der Waals surface area contributed by atoms with Gasteiger partial charge in [-0.05, 0) is 18.3 Å². The molecule has 1 rings (SSSR count). The Morgan fingerprint density at radius 1 is 0.824 bits per heavy atom. The fourth-order valence-corrected chi connectivity index (χ4v) is 2.68. The second kappa shape index (κ2) is 7.34. The highest BCUT2D eigenvalue weighted by Crippen LogP contribution is 2.08. The van der Waals surface area contributed by atoms with Gasteiger partial charge >= 0.3 is 0 Å². The van der Waals surface area contributed by atoms with E-state index in [0.717, 1.165) is 18.9 Å². The van der Waals surface area contributed by atoms with E-state index in [4.69, 9.17) is 5.73 Å². The lowest BCUT2D eigenvalue weighted by molar-refractivity contribution is 0.115. The summed E-state index contributed by atoms with van der Waals surface area (Å²) < 4.78 is 0. The van der Waals surface area contributed by atoms with Crippen LogP contribution in [0.25, 0.3) is 0 Å². The van der Waals surface area contributed by atoms with Crippen LogP contribution in [0.1, 0.15) is 34.1 Å². The number of nitrogens with zero attached hydrogens (tertiary/aromatic N) is 2. The van der Waals surface area contributed by atoms with Crippen molar-refractivity contribution in [3.63, 3.8) is 0 Å². The Hall–Kier alpha value is -0.120. The minimum atomic E-state index is 0.353. The van der Waals surface area contributed by atoms with Crippen molar-refractivity contribution < 1.29 is 0 Å². The molecule has 0 aromatic rings. The fourth-order valence-electron chi connectivity index (χ4n) is 2.68. The van der Waals surface area contributed by atoms with Crippen LogP contribution in [0.3, 0.4) is 0 Å². The molecule has 102 valence electrons. The molecular formula is C14H31N3. The standard InChI is InChI=1S/C14H31N3/c1-12(2)9-14(15)11-17-7-5-16(6-8-17)10-13(3)4/h12-14H,5-11,15H2,1-4H3. The lowest BCUT2D eigenvalue weighted by Gasteiger charge is -2.36. The summed E-state index contributed by atoms with van der Waals surface area (Å²) in [4.78, 5) is 5.11. The zero-order chi connectivity index (χ0) is 12.8. The van der Waals surface area contributed by atoms with Gasteiger partial charge in [0.1, 0.15) is 0 Å². The molecule has 0 saturated carbocycles. The maximum absolute atomic E-state index is 6.17. The highest BCUT2D eigenvalue weighted by atomic mass is 15.3. The maximum atomic E-state index is 6.17. The number of nitrogens with two attached hydrogens (primary N) is 1. The van der Waals surface area contributed by atoms with Crippen molar-refractivity contribution in [2.45, 2.75) is 40.2 Å². The van der Waals surface area contributed by atoms with Crippen LogP contribution in [-0.4, -0.2) is 55.1 Å². The van der Waals surface area contributed by atoms with Gasteiger partial charge in [-0.1, -0.05) is 27.7 Å². The number of hydrogen-bond acceptors (Lipinski definition) is 3. The van der Waals surface area contributed by atoms with Gasteiger partial charge in [0.2, 0.25) is 0 Å². The molecule has 0 aromatic heterocycles. The van der Waals surface area contributed by atoms with Gasteiger partial charge in [-0.2, -0.15) is 0 Å². The summed E-state index contributed by atoms with van der Waals surface area (Å²) in [5.41, 5.74) is 6.17. The Bertz CT molecular complexity index is 196. The minimum absolute atomic E-state index is 0.353. The van der Waals surface area contributed by atoms with E-state index in [0.29, 0.717) is 12.0 Å². The van der Waals surface area contributed by atoms with Crippen molar-refractivity contribution in [1.82, 2.24) is 9.80 Å². The third-order valence-electron chi connectivity index (χ3n) is 3.36. The average molecular weight is 241 g/mol. The van der Waals surface area contributed by atoms with E-state index in [1.165, 1.54) is 32.7 Å². The number of rotatable bonds is 6. The largest absolute Gasteiger partial charge is 0.327 e. The maximum Gasteiger partial charge on any atom is 0.0170 e. The molecule has 0 radical (unpaired) electrons. The van der Waals surface area contributed by atoms with Gasteiger partial charge in [0, 0.05) is 45.3 Å². The predicted molar refractivity (Wildman–Crippen MR) is 75.1 cm³/mol. The molecule has 2 N–H and O–H groups in total. The molecule has 1 aliphatic heterocycles. The molecule has 0 bridgehead atoms. The van der Waals surface area contributed by atoms with Crippen LogP contribution in [0.5, 0.6) is 0 Å². The molecule has 1 aliphatic rings. The molecule has 17 heavy (non-hydrogen) atoms. The topological polar surface area (TPSA) is 32.5 Å². The van der Waals surface area contributed by atoms with E-state index >= 15 is 0 Å². The molecule has 1 heterocycles. The summed E-state index contributed by atoms with van der Waals surface area (Å²) >= 11 is 0. The van der Waals surface area contributed by atoms with Crippen LogP contribution in [0.2, 0.25) is 0 Å². The lowest BCUT2D eigenvalue weighted by atomic mass is 10.0. The van der Waals surface area contributed by atoms with Crippen molar-refractivity contribution in [3.05, 3.63) is 0 Å². The molecule has 0 aromatic carbocycles. The first-order chi connectivity index (χ1) is 7.97. The van der Waals surface area contributed by atoms with Crippen molar-refractivity contribution in [2.75, 3.05) is 39.3 Å². The van der Waals surface area contributed by atoms with Gasteiger partial charge in [-0.3, -0.25) is 4.90 Å². The average Bonchev–Trinajstić information content (AvgIpc) is 2.18. The van der Waals surface area contributed by atoms with Crippen LogP contribution in [-0.2, 0) is 0 Å². The minimum Gasteiger partial charge on any atom is -0.327 e. The fraction of sp³-hybridized carbons (Fsp3) is 1.00. The summed E-state index contributed by atoms with van der Waals surface area (Å²) in [5.74, 6) is 1.50. The first kappa shape index (κ1) is 14.9. The van der Waals surface area contributed by atoms with E-state index in [1.54, 1.807) is 0 Å². The molecule has 0 spiro atoms. The third kappa shape index (κ3) is 6.39. The third-order valence-corrected chi connectivity index (χ3v) is 3.36. The van der Waals surface area contributed by atoms with Crippen molar-refractivity contribution in [1.29, 1.82) is 0 Å². The highest BCUT2D eigenvalue weighted by molar-refractivity contribution is 4.76. The monoisotopic (exact) mass is 241 g/mol. The first-order valence-electron chi connectivity index (χ1n) is 7.17. The molecule has 3 heteroatoms. The molecular weight excluding hydrogens is 210 g/mol. The molecule has 1 atom stereocenters. The summed E-state index contributed by atoms with van der Waals surface area (Å²) in [6.45, 7) is 16.2. The van der Waals surface area contributed by atoms with Crippen LogP contribution < -0.4 is 5.73 Å². The second-order valence-electron chi connectivity index (χ2n) is 6.38. The van der Waals surface area contributed by atoms with Crippen LogP contribution >= 0.6 is 0 Å². The highest BCUT2D eigenvalue weighted by Gasteiger charge is 2.19. The number of hydrogen-bond donors (Lipinski definition) is 1. The van der Waals surface area contributed by atoms with E-state index in [9.17, 15) is 0 Å². The van der Waals surface area contributed by atoms with E-state index in [-0.39, 0.29) is 0 Å². The Kier molecular flexibility index (Phi) is 6.45. The quantitative estimate of drug-likeness (QED) is 0.767. The predicted octanol–water partition coefficient (Wildman–Crippen LogP) is 1.63. The summed E-state index contributed by atoms with van der Waals surface area (Å²) in [7, 11) is 0. The van der Waals surface area contributed by atoms with Crippen molar-refractivity contribution in [3.8, 4) is 0 Å². The molecule has 1 fully saturated rings. The van der Waals surface area contributed by atoms with E-state index in [1.807, 2.05) is 0 Å². The van der Waals surface area contributed by atoms with Gasteiger partial charge in [0.15, 0.2) is 0 Å².